The minimum atomic E-state index is -0.927. The molecule has 3 atom stereocenters. The van der Waals surface area contributed by atoms with Crippen LogP contribution in [0.4, 0.5) is 10.5 Å². The maximum atomic E-state index is 10.8. The van der Waals surface area contributed by atoms with Crippen LogP contribution in [0.25, 0.3) is 0 Å². The average molecular weight is 283 g/mol. The Morgan fingerprint density at radius 1 is 1.42 bits per heavy atom. The summed E-state index contributed by atoms with van der Waals surface area (Å²) in [5.41, 5.74) is 0.964. The van der Waals surface area contributed by atoms with Crippen LogP contribution in [0.3, 0.4) is 0 Å². The van der Waals surface area contributed by atoms with Crippen molar-refractivity contribution in [2.24, 2.45) is 11.8 Å². The Labute approximate surface area is 115 Å². The molecule has 2 N–H and O–H groups in total. The Morgan fingerprint density at radius 2 is 2.11 bits per heavy atom. The third-order valence-electron chi connectivity index (χ3n) is 4.10. The molecule has 1 amide bonds. The van der Waals surface area contributed by atoms with Crippen LogP contribution in [-0.4, -0.2) is 40.5 Å². The number of amides is 1. The van der Waals surface area contributed by atoms with E-state index in [0.29, 0.717) is 17.0 Å². The minimum Gasteiger partial charge on any atom is -0.465 e. The van der Waals surface area contributed by atoms with Crippen molar-refractivity contribution < 1.29 is 9.90 Å². The summed E-state index contributed by atoms with van der Waals surface area (Å²) in [4.78, 5) is 13.0. The SMILES string of the molecule is O=C(O)N[C@H]1[C@@H]2CC[C@H]1CN(c1cnnc(Cl)c1)C2. The van der Waals surface area contributed by atoms with Gasteiger partial charge in [0.2, 0.25) is 0 Å². The molecule has 1 saturated carbocycles. The molecule has 6 nitrogen and oxygen atoms in total. The van der Waals surface area contributed by atoms with Gasteiger partial charge in [0.15, 0.2) is 5.15 Å². The molecule has 7 heteroatoms. The van der Waals surface area contributed by atoms with E-state index in [2.05, 4.69) is 20.4 Å². The van der Waals surface area contributed by atoms with E-state index >= 15 is 0 Å². The maximum Gasteiger partial charge on any atom is 0.404 e. The van der Waals surface area contributed by atoms with Gasteiger partial charge >= 0.3 is 6.09 Å². The van der Waals surface area contributed by atoms with E-state index < -0.39 is 6.09 Å². The van der Waals surface area contributed by atoms with Crippen molar-refractivity contribution in [1.29, 1.82) is 0 Å². The summed E-state index contributed by atoms with van der Waals surface area (Å²) < 4.78 is 0. The Balaban J connectivity index is 1.75. The van der Waals surface area contributed by atoms with Crippen molar-refractivity contribution in [1.82, 2.24) is 15.5 Å². The molecule has 1 aliphatic heterocycles. The Morgan fingerprint density at radius 3 is 2.68 bits per heavy atom. The highest BCUT2D eigenvalue weighted by molar-refractivity contribution is 6.29. The van der Waals surface area contributed by atoms with Crippen molar-refractivity contribution in [3.8, 4) is 0 Å². The normalized spacial score (nSPS) is 29.3. The molecule has 3 rings (SSSR count). The maximum absolute atomic E-state index is 10.8. The topological polar surface area (TPSA) is 78.4 Å². The molecule has 1 aromatic heterocycles. The number of fused-ring (bicyclic) bond motifs is 2. The Bertz CT molecular complexity index is 484. The van der Waals surface area contributed by atoms with E-state index in [1.165, 1.54) is 0 Å². The highest BCUT2D eigenvalue weighted by Gasteiger charge is 2.42. The van der Waals surface area contributed by atoms with Crippen LogP contribution in [0.1, 0.15) is 12.8 Å². The molecule has 0 aromatic carbocycles. The van der Waals surface area contributed by atoms with Crippen molar-refractivity contribution in [2.45, 2.75) is 18.9 Å². The number of nitrogens with one attached hydrogen (secondary N) is 1. The predicted molar refractivity (Wildman–Crippen MR) is 70.4 cm³/mol. The molecule has 0 spiro atoms. The first kappa shape index (κ1) is 12.5. The van der Waals surface area contributed by atoms with Crippen LogP contribution >= 0.6 is 11.6 Å². The van der Waals surface area contributed by atoms with Gasteiger partial charge in [-0.1, -0.05) is 11.6 Å². The van der Waals surface area contributed by atoms with Crippen LogP contribution in [-0.2, 0) is 0 Å². The molecule has 0 radical (unpaired) electrons. The number of anilines is 1. The van der Waals surface area contributed by atoms with Gasteiger partial charge in [0.1, 0.15) is 0 Å². The smallest absolute Gasteiger partial charge is 0.404 e. The van der Waals surface area contributed by atoms with Crippen molar-refractivity contribution >= 4 is 23.4 Å². The zero-order valence-corrected chi connectivity index (χ0v) is 11.0. The molecular formula is C12H15ClN4O2. The highest BCUT2D eigenvalue weighted by Crippen LogP contribution is 2.38. The van der Waals surface area contributed by atoms with E-state index in [-0.39, 0.29) is 6.04 Å². The number of rotatable bonds is 2. The van der Waals surface area contributed by atoms with E-state index in [0.717, 1.165) is 31.6 Å². The lowest BCUT2D eigenvalue weighted by atomic mass is 9.92. The lowest BCUT2D eigenvalue weighted by Crippen LogP contribution is -2.52. The summed E-state index contributed by atoms with van der Waals surface area (Å²) in [5, 5.41) is 19.5. The Kier molecular flexibility index (Phi) is 3.18. The van der Waals surface area contributed by atoms with Gasteiger partial charge in [-0.15, -0.1) is 5.10 Å². The molecule has 1 aliphatic carbocycles. The second-order valence-electron chi connectivity index (χ2n) is 5.21. The van der Waals surface area contributed by atoms with Gasteiger partial charge in [-0.05, 0) is 24.7 Å². The third kappa shape index (κ3) is 2.45. The van der Waals surface area contributed by atoms with E-state index in [9.17, 15) is 4.79 Å². The van der Waals surface area contributed by atoms with Gasteiger partial charge in [-0.25, -0.2) is 4.79 Å². The molecule has 0 unspecified atom stereocenters. The first-order valence-electron chi connectivity index (χ1n) is 6.36. The number of carboxylic acid groups (broad SMARTS) is 1. The van der Waals surface area contributed by atoms with Crippen molar-refractivity contribution in [3.63, 3.8) is 0 Å². The molecule has 1 aromatic rings. The van der Waals surface area contributed by atoms with Crippen LogP contribution in [0.2, 0.25) is 5.15 Å². The molecule has 1 saturated heterocycles. The number of hydrogen-bond acceptors (Lipinski definition) is 4. The van der Waals surface area contributed by atoms with Gasteiger partial charge in [0.25, 0.3) is 0 Å². The van der Waals surface area contributed by atoms with Gasteiger partial charge < -0.3 is 15.3 Å². The van der Waals surface area contributed by atoms with Gasteiger partial charge in [-0.2, -0.15) is 5.10 Å². The summed E-state index contributed by atoms with van der Waals surface area (Å²) >= 11 is 5.86. The van der Waals surface area contributed by atoms with Crippen molar-refractivity contribution in [2.75, 3.05) is 18.0 Å². The number of aromatic nitrogens is 2. The first-order chi connectivity index (χ1) is 9.13. The zero-order chi connectivity index (χ0) is 13.4. The molecule has 2 aliphatic rings. The number of halogens is 1. The molecular weight excluding hydrogens is 268 g/mol. The monoisotopic (exact) mass is 282 g/mol. The number of hydrogen-bond donors (Lipinski definition) is 2. The van der Waals surface area contributed by atoms with E-state index in [1.807, 2.05) is 0 Å². The minimum absolute atomic E-state index is 0.0824. The summed E-state index contributed by atoms with van der Waals surface area (Å²) in [6.07, 6.45) is 2.91. The molecule has 102 valence electrons. The standard InChI is InChI=1S/C12H15ClN4O2/c13-10-3-9(4-14-16-10)17-5-7-1-2-8(6-17)11(7)15-12(18)19/h3-4,7-8,11,15H,1-2,5-6H2,(H,18,19)/t7-,8+,11+. The second kappa shape index (κ2) is 4.85. The quantitative estimate of drug-likeness (QED) is 0.862. The van der Waals surface area contributed by atoms with Crippen molar-refractivity contribution in [3.05, 3.63) is 17.4 Å². The number of nitrogens with zero attached hydrogens (tertiary/aromatic N) is 3. The van der Waals surface area contributed by atoms with Crippen LogP contribution in [0.15, 0.2) is 12.3 Å². The number of carbonyl (C=O) groups is 1. The van der Waals surface area contributed by atoms with Crippen LogP contribution < -0.4 is 10.2 Å². The lowest BCUT2D eigenvalue weighted by molar-refractivity contribution is 0.178. The summed E-state index contributed by atoms with van der Waals surface area (Å²) in [7, 11) is 0. The molecule has 2 heterocycles. The first-order valence-corrected chi connectivity index (χ1v) is 6.74. The summed E-state index contributed by atoms with van der Waals surface area (Å²) in [6, 6.07) is 1.89. The average Bonchev–Trinajstić information content (AvgIpc) is 2.61. The summed E-state index contributed by atoms with van der Waals surface area (Å²) in [6.45, 7) is 1.67. The molecule has 2 bridgehead atoms. The summed E-state index contributed by atoms with van der Waals surface area (Å²) in [5.74, 6) is 0.726. The van der Waals surface area contributed by atoms with Gasteiger partial charge in [0, 0.05) is 25.2 Å². The van der Waals surface area contributed by atoms with Gasteiger partial charge in [-0.3, -0.25) is 0 Å². The lowest BCUT2D eigenvalue weighted by Gasteiger charge is -2.38. The Hall–Kier alpha value is -1.56. The fraction of sp³-hybridized carbons (Fsp3) is 0.583. The molecule has 2 fully saturated rings. The van der Waals surface area contributed by atoms with Crippen LogP contribution in [0.5, 0.6) is 0 Å². The predicted octanol–water partition coefficient (Wildman–Crippen LogP) is 1.61. The van der Waals surface area contributed by atoms with Crippen LogP contribution in [0, 0.1) is 11.8 Å². The highest BCUT2D eigenvalue weighted by atomic mass is 35.5. The van der Waals surface area contributed by atoms with Gasteiger partial charge in [0.05, 0.1) is 11.9 Å². The molecule has 19 heavy (non-hydrogen) atoms. The van der Waals surface area contributed by atoms with E-state index in [4.69, 9.17) is 16.7 Å². The second-order valence-corrected chi connectivity index (χ2v) is 5.60. The fourth-order valence-electron chi connectivity index (χ4n) is 3.32. The largest absolute Gasteiger partial charge is 0.465 e. The van der Waals surface area contributed by atoms with E-state index in [1.54, 1.807) is 12.3 Å². The zero-order valence-electron chi connectivity index (χ0n) is 10.3. The third-order valence-corrected chi connectivity index (χ3v) is 4.28. The number of piperidine rings is 1. The fourth-order valence-corrected chi connectivity index (χ4v) is 3.47.